The number of aryl methyl sites for hydroxylation is 1. The molecule has 1 aliphatic carbocycles. The molecular formula is C17H17BrN2O2S2. The fourth-order valence-corrected chi connectivity index (χ4v) is 5.46. The molecule has 0 radical (unpaired) electrons. The minimum Gasteiger partial charge on any atom is -0.365 e. The van der Waals surface area contributed by atoms with Crippen molar-refractivity contribution in [1.82, 2.24) is 0 Å². The number of fused-ring (bicyclic) bond motifs is 1. The van der Waals surface area contributed by atoms with Gasteiger partial charge >= 0.3 is 0 Å². The summed E-state index contributed by atoms with van der Waals surface area (Å²) in [5.74, 6) is -0.302. The fourth-order valence-electron chi connectivity index (χ4n) is 2.78. The molecule has 0 saturated heterocycles. The molecule has 4 nitrogen and oxygen atoms in total. The number of thioether (sulfide) groups is 1. The van der Waals surface area contributed by atoms with Gasteiger partial charge in [0.15, 0.2) is 0 Å². The van der Waals surface area contributed by atoms with Crippen molar-refractivity contribution >= 4 is 55.8 Å². The molecule has 1 aliphatic rings. The molecule has 2 amide bonds. The van der Waals surface area contributed by atoms with Gasteiger partial charge in [0.05, 0.1) is 11.3 Å². The third kappa shape index (κ3) is 3.84. The van der Waals surface area contributed by atoms with Gasteiger partial charge in [-0.15, -0.1) is 23.1 Å². The van der Waals surface area contributed by atoms with E-state index in [9.17, 15) is 9.59 Å². The van der Waals surface area contributed by atoms with E-state index in [0.29, 0.717) is 10.6 Å². The van der Waals surface area contributed by atoms with Crippen LogP contribution in [-0.2, 0) is 17.6 Å². The lowest BCUT2D eigenvalue weighted by Crippen LogP contribution is -2.19. The Kier molecular flexibility index (Phi) is 5.63. The van der Waals surface area contributed by atoms with Gasteiger partial charge in [0.2, 0.25) is 5.91 Å². The summed E-state index contributed by atoms with van der Waals surface area (Å²) in [6.07, 6.45) is 4.01. The second-order valence-electron chi connectivity index (χ2n) is 5.55. The lowest BCUT2D eigenvalue weighted by atomic mass is 9.95. The smallest absolute Gasteiger partial charge is 0.251 e. The van der Waals surface area contributed by atoms with Gasteiger partial charge < -0.3 is 11.1 Å². The highest BCUT2D eigenvalue weighted by Gasteiger charge is 2.24. The van der Waals surface area contributed by atoms with Gasteiger partial charge in [0, 0.05) is 14.2 Å². The van der Waals surface area contributed by atoms with Crippen LogP contribution in [0, 0.1) is 0 Å². The van der Waals surface area contributed by atoms with Crippen LogP contribution in [0.4, 0.5) is 5.00 Å². The highest BCUT2D eigenvalue weighted by molar-refractivity contribution is 9.10. The second kappa shape index (κ2) is 7.72. The molecule has 3 N–H and O–H groups in total. The lowest BCUT2D eigenvalue weighted by Gasteiger charge is -2.11. The molecule has 126 valence electrons. The van der Waals surface area contributed by atoms with Crippen molar-refractivity contribution in [3.63, 3.8) is 0 Å². The normalized spacial score (nSPS) is 13.4. The Morgan fingerprint density at radius 1 is 1.25 bits per heavy atom. The number of hydrogen-bond donors (Lipinski definition) is 2. The lowest BCUT2D eigenvalue weighted by molar-refractivity contribution is -0.113. The Balaban J connectivity index is 1.71. The predicted molar refractivity (Wildman–Crippen MR) is 103 cm³/mol. The van der Waals surface area contributed by atoms with E-state index in [1.165, 1.54) is 28.0 Å². The van der Waals surface area contributed by atoms with E-state index in [1.807, 2.05) is 24.3 Å². The molecule has 3 rings (SSSR count). The first-order valence-electron chi connectivity index (χ1n) is 7.67. The predicted octanol–water partition coefficient (Wildman–Crippen LogP) is 4.22. The second-order valence-corrected chi connectivity index (χ2v) is 8.52. The monoisotopic (exact) mass is 424 g/mol. The number of nitrogens with two attached hydrogens (primary N) is 1. The molecule has 0 spiro atoms. The Labute approximate surface area is 157 Å². The van der Waals surface area contributed by atoms with Gasteiger partial charge in [-0.25, -0.2) is 0 Å². The Morgan fingerprint density at radius 3 is 2.75 bits per heavy atom. The van der Waals surface area contributed by atoms with Gasteiger partial charge in [0.25, 0.3) is 5.91 Å². The maximum absolute atomic E-state index is 12.3. The number of carbonyl (C=O) groups is 2. The summed E-state index contributed by atoms with van der Waals surface area (Å²) in [6, 6.07) is 7.77. The van der Waals surface area contributed by atoms with Crippen LogP contribution >= 0.6 is 39.0 Å². The van der Waals surface area contributed by atoms with Crippen LogP contribution in [-0.4, -0.2) is 17.6 Å². The quantitative estimate of drug-likeness (QED) is 0.705. The van der Waals surface area contributed by atoms with Gasteiger partial charge in [0.1, 0.15) is 5.00 Å². The molecule has 0 saturated carbocycles. The molecule has 2 aromatic rings. The van der Waals surface area contributed by atoms with Crippen molar-refractivity contribution in [2.24, 2.45) is 5.73 Å². The summed E-state index contributed by atoms with van der Waals surface area (Å²) in [7, 11) is 0. The van der Waals surface area contributed by atoms with Crippen molar-refractivity contribution in [3.8, 4) is 0 Å². The van der Waals surface area contributed by atoms with E-state index in [4.69, 9.17) is 5.73 Å². The van der Waals surface area contributed by atoms with Crippen molar-refractivity contribution in [2.75, 3.05) is 11.1 Å². The number of rotatable bonds is 5. The largest absolute Gasteiger partial charge is 0.365 e. The van der Waals surface area contributed by atoms with E-state index in [1.54, 1.807) is 0 Å². The van der Waals surface area contributed by atoms with Gasteiger partial charge in [-0.1, -0.05) is 12.1 Å². The highest BCUT2D eigenvalue weighted by atomic mass is 79.9. The van der Waals surface area contributed by atoms with E-state index >= 15 is 0 Å². The van der Waals surface area contributed by atoms with Crippen LogP contribution in [0.5, 0.6) is 0 Å². The van der Waals surface area contributed by atoms with E-state index < -0.39 is 5.91 Å². The number of benzene rings is 1. The Hall–Kier alpha value is -1.31. The standard InChI is InChI=1S/C17H17BrN2O2S2/c18-11-6-2-4-8-13(11)23-9-14(21)20-17-15(16(19)22)10-5-1-3-7-12(10)24-17/h2,4,6,8H,1,3,5,7,9H2,(H2,19,22)(H,20,21). The summed E-state index contributed by atoms with van der Waals surface area (Å²) in [5, 5.41) is 3.49. The molecule has 24 heavy (non-hydrogen) atoms. The zero-order chi connectivity index (χ0) is 17.1. The van der Waals surface area contributed by atoms with Crippen LogP contribution < -0.4 is 11.1 Å². The minimum atomic E-state index is -0.455. The molecular weight excluding hydrogens is 408 g/mol. The third-order valence-corrected chi connectivity index (χ3v) is 7.10. The number of primary amides is 1. The first-order chi connectivity index (χ1) is 11.6. The number of amides is 2. The zero-order valence-corrected chi connectivity index (χ0v) is 16.2. The maximum Gasteiger partial charge on any atom is 0.251 e. The van der Waals surface area contributed by atoms with E-state index in [2.05, 4.69) is 21.2 Å². The summed E-state index contributed by atoms with van der Waals surface area (Å²) in [6.45, 7) is 0. The van der Waals surface area contributed by atoms with Crippen molar-refractivity contribution < 1.29 is 9.59 Å². The summed E-state index contributed by atoms with van der Waals surface area (Å²) < 4.78 is 0.965. The molecule has 0 fully saturated rings. The number of hydrogen-bond acceptors (Lipinski definition) is 4. The van der Waals surface area contributed by atoms with Crippen molar-refractivity contribution in [2.45, 2.75) is 30.6 Å². The number of thiophene rings is 1. The Bertz CT molecular complexity index is 789. The molecule has 0 bridgehead atoms. The highest BCUT2D eigenvalue weighted by Crippen LogP contribution is 2.38. The number of anilines is 1. The molecule has 1 aromatic heterocycles. The topological polar surface area (TPSA) is 72.2 Å². The molecule has 0 unspecified atom stereocenters. The maximum atomic E-state index is 12.3. The minimum absolute atomic E-state index is 0.128. The van der Waals surface area contributed by atoms with Crippen molar-refractivity contribution in [3.05, 3.63) is 44.7 Å². The van der Waals surface area contributed by atoms with Crippen LogP contribution in [0.3, 0.4) is 0 Å². The van der Waals surface area contributed by atoms with Crippen molar-refractivity contribution in [1.29, 1.82) is 0 Å². The molecule has 1 heterocycles. The Morgan fingerprint density at radius 2 is 2.00 bits per heavy atom. The first kappa shape index (κ1) is 17.5. The zero-order valence-electron chi connectivity index (χ0n) is 12.9. The van der Waals surface area contributed by atoms with Crippen LogP contribution in [0.15, 0.2) is 33.6 Å². The van der Waals surface area contributed by atoms with Gasteiger partial charge in [-0.3, -0.25) is 9.59 Å². The van der Waals surface area contributed by atoms with E-state index in [-0.39, 0.29) is 11.7 Å². The average Bonchev–Trinajstić information content (AvgIpc) is 2.92. The number of halogens is 1. The molecule has 0 aliphatic heterocycles. The number of nitrogens with one attached hydrogen (secondary N) is 1. The van der Waals surface area contributed by atoms with Gasteiger partial charge in [-0.2, -0.15) is 0 Å². The average molecular weight is 425 g/mol. The summed E-state index contributed by atoms with van der Waals surface area (Å²) in [5.41, 5.74) is 7.09. The van der Waals surface area contributed by atoms with Crippen LogP contribution in [0.25, 0.3) is 0 Å². The molecule has 1 aromatic carbocycles. The third-order valence-electron chi connectivity index (χ3n) is 3.87. The summed E-state index contributed by atoms with van der Waals surface area (Å²) >= 11 is 6.42. The van der Waals surface area contributed by atoms with Crippen LogP contribution in [0.1, 0.15) is 33.6 Å². The fraction of sp³-hybridized carbons (Fsp3) is 0.294. The summed E-state index contributed by atoms with van der Waals surface area (Å²) in [4.78, 5) is 26.3. The van der Waals surface area contributed by atoms with Gasteiger partial charge in [-0.05, 0) is 59.3 Å². The molecule has 7 heteroatoms. The van der Waals surface area contributed by atoms with E-state index in [0.717, 1.165) is 40.6 Å². The SMILES string of the molecule is NC(=O)c1c(NC(=O)CSc2ccccc2Br)sc2c1CCCC2. The number of carbonyl (C=O) groups excluding carboxylic acids is 2. The molecule has 0 atom stereocenters. The first-order valence-corrected chi connectivity index (χ1v) is 10.3. The van der Waals surface area contributed by atoms with Crippen LogP contribution in [0.2, 0.25) is 0 Å².